The van der Waals surface area contributed by atoms with Crippen molar-refractivity contribution >= 4 is 27.6 Å². The van der Waals surface area contributed by atoms with Gasteiger partial charge in [0, 0.05) is 12.1 Å². The van der Waals surface area contributed by atoms with Gasteiger partial charge < -0.3 is 0 Å². The molecule has 3 fully saturated rings. The molecule has 4 atom stereocenters. The third-order valence-electron chi connectivity index (χ3n) is 5.38. The summed E-state index contributed by atoms with van der Waals surface area (Å²) < 4.78 is 29.5. The van der Waals surface area contributed by atoms with Crippen LogP contribution in [0.2, 0.25) is 0 Å². The molecule has 2 bridgehead atoms. The number of hydroxylamine groups is 2. The standard InChI is InChI=1S/C15H14N2O7S/c18-14-12-8-4-5-9(6-8)13(12)15(19)16(14)24-25(22,23)11-3-1-2-10(7-11)17(20)21/h1-3,7-9,12-13H,4-6H2/t8-,9+,12-,13+. The third kappa shape index (κ3) is 2.35. The molecular formula is C15H14N2O7S. The van der Waals surface area contributed by atoms with Gasteiger partial charge in [0.25, 0.3) is 17.5 Å². The van der Waals surface area contributed by atoms with Gasteiger partial charge in [0.2, 0.25) is 0 Å². The van der Waals surface area contributed by atoms with Crippen molar-refractivity contribution in [3.63, 3.8) is 0 Å². The van der Waals surface area contributed by atoms with Gasteiger partial charge in [-0.15, -0.1) is 9.35 Å². The number of benzene rings is 1. The van der Waals surface area contributed by atoms with E-state index in [0.29, 0.717) is 5.06 Å². The summed E-state index contributed by atoms with van der Waals surface area (Å²) in [5.41, 5.74) is -0.432. The third-order valence-corrected chi connectivity index (χ3v) is 6.55. The molecule has 1 aromatic rings. The van der Waals surface area contributed by atoms with Gasteiger partial charge in [-0.2, -0.15) is 8.42 Å². The number of fused-ring (bicyclic) bond motifs is 5. The molecule has 0 radical (unpaired) electrons. The zero-order valence-corrected chi connectivity index (χ0v) is 13.7. The van der Waals surface area contributed by atoms with Crippen LogP contribution in [0.1, 0.15) is 19.3 Å². The molecule has 1 aromatic carbocycles. The maximum atomic E-state index is 12.5. The number of nitro groups is 1. The fourth-order valence-corrected chi connectivity index (χ4v) is 5.29. The van der Waals surface area contributed by atoms with Crippen LogP contribution in [0.3, 0.4) is 0 Å². The number of non-ortho nitro benzene ring substituents is 1. The Kier molecular flexibility index (Phi) is 3.45. The van der Waals surface area contributed by atoms with Crippen LogP contribution in [0, 0.1) is 33.8 Å². The molecule has 2 aliphatic carbocycles. The molecule has 1 heterocycles. The number of nitrogens with zero attached hydrogens (tertiary/aromatic N) is 2. The topological polar surface area (TPSA) is 124 Å². The number of rotatable bonds is 4. The first kappa shape index (κ1) is 16.2. The average Bonchev–Trinajstić information content (AvgIpc) is 3.25. The Morgan fingerprint density at radius 3 is 2.28 bits per heavy atom. The Balaban J connectivity index is 1.61. The molecule has 1 saturated heterocycles. The SMILES string of the molecule is O=C1[C@@H]2[C@@H]3CC[C@@H](C3)[C@@H]2C(=O)N1OS(=O)(=O)c1cccc([N+](=O)[O-])c1. The highest BCUT2D eigenvalue weighted by atomic mass is 32.2. The average molecular weight is 366 g/mol. The number of nitro benzene ring substituents is 1. The largest absolute Gasteiger partial charge is 0.318 e. The summed E-state index contributed by atoms with van der Waals surface area (Å²) in [6.07, 6.45) is 2.53. The highest BCUT2D eigenvalue weighted by Gasteiger charge is 2.62. The highest BCUT2D eigenvalue weighted by Crippen LogP contribution is 2.56. The van der Waals surface area contributed by atoms with E-state index in [1.54, 1.807) is 0 Å². The Bertz CT molecular complexity index is 869. The summed E-state index contributed by atoms with van der Waals surface area (Å²) >= 11 is 0. The molecule has 2 saturated carbocycles. The molecule has 0 aromatic heterocycles. The molecule has 10 heteroatoms. The zero-order chi connectivity index (χ0) is 17.9. The molecule has 132 valence electrons. The van der Waals surface area contributed by atoms with Crippen LogP contribution in [0.5, 0.6) is 0 Å². The quantitative estimate of drug-likeness (QED) is 0.446. The first-order chi connectivity index (χ1) is 11.8. The van der Waals surface area contributed by atoms with Crippen molar-refractivity contribution in [2.45, 2.75) is 24.2 Å². The van der Waals surface area contributed by atoms with Crippen molar-refractivity contribution in [2.75, 3.05) is 0 Å². The van der Waals surface area contributed by atoms with Gasteiger partial charge in [-0.25, -0.2) is 0 Å². The number of hydrogen-bond donors (Lipinski definition) is 0. The normalized spacial score (nSPS) is 30.8. The van der Waals surface area contributed by atoms with E-state index in [-0.39, 0.29) is 11.8 Å². The van der Waals surface area contributed by atoms with Crippen molar-refractivity contribution < 1.29 is 27.2 Å². The first-order valence-electron chi connectivity index (χ1n) is 7.86. The monoisotopic (exact) mass is 366 g/mol. The van der Waals surface area contributed by atoms with E-state index in [1.165, 1.54) is 6.07 Å². The number of amides is 2. The smallest absolute Gasteiger partial charge is 0.272 e. The Morgan fingerprint density at radius 1 is 1.12 bits per heavy atom. The Morgan fingerprint density at radius 2 is 1.72 bits per heavy atom. The lowest BCUT2D eigenvalue weighted by molar-refractivity contribution is -0.385. The number of imide groups is 1. The van der Waals surface area contributed by atoms with Gasteiger partial charge in [0.05, 0.1) is 16.8 Å². The molecule has 4 rings (SSSR count). The molecule has 0 unspecified atom stereocenters. The van der Waals surface area contributed by atoms with Crippen LogP contribution in [0.4, 0.5) is 5.69 Å². The summed E-state index contributed by atoms with van der Waals surface area (Å²) in [5, 5.41) is 11.1. The van der Waals surface area contributed by atoms with Crippen molar-refractivity contribution in [2.24, 2.45) is 23.7 Å². The molecule has 2 amide bonds. The summed E-state index contributed by atoms with van der Waals surface area (Å²) in [7, 11) is -4.53. The summed E-state index contributed by atoms with van der Waals surface area (Å²) in [6, 6.07) is 4.26. The second kappa shape index (κ2) is 5.33. The highest BCUT2D eigenvalue weighted by molar-refractivity contribution is 7.86. The Labute approximate surface area is 142 Å². The lowest BCUT2D eigenvalue weighted by Gasteiger charge is -2.18. The second-order valence-electron chi connectivity index (χ2n) is 6.64. The molecular weight excluding hydrogens is 352 g/mol. The van der Waals surface area contributed by atoms with Gasteiger partial charge in [0.1, 0.15) is 4.90 Å². The van der Waals surface area contributed by atoms with Gasteiger partial charge in [0.15, 0.2) is 0 Å². The van der Waals surface area contributed by atoms with E-state index in [2.05, 4.69) is 0 Å². The number of carbonyl (C=O) groups excluding carboxylic acids is 2. The first-order valence-corrected chi connectivity index (χ1v) is 9.27. The van der Waals surface area contributed by atoms with E-state index in [4.69, 9.17) is 4.28 Å². The van der Waals surface area contributed by atoms with Crippen LogP contribution in [0.15, 0.2) is 29.2 Å². The van der Waals surface area contributed by atoms with Crippen LogP contribution >= 0.6 is 0 Å². The van der Waals surface area contributed by atoms with Gasteiger partial charge in [-0.1, -0.05) is 6.07 Å². The van der Waals surface area contributed by atoms with E-state index in [1.807, 2.05) is 0 Å². The lowest BCUT2D eigenvalue weighted by atomic mass is 9.81. The fourth-order valence-electron chi connectivity index (χ4n) is 4.35. The van der Waals surface area contributed by atoms with E-state index >= 15 is 0 Å². The van der Waals surface area contributed by atoms with Crippen molar-refractivity contribution in [1.82, 2.24) is 5.06 Å². The van der Waals surface area contributed by atoms with Gasteiger partial charge in [-0.3, -0.25) is 19.7 Å². The molecule has 1 aliphatic heterocycles. The fraction of sp³-hybridized carbons (Fsp3) is 0.467. The predicted molar refractivity (Wildman–Crippen MR) is 81.0 cm³/mol. The van der Waals surface area contributed by atoms with Crippen LogP contribution in [-0.4, -0.2) is 30.2 Å². The van der Waals surface area contributed by atoms with Crippen LogP contribution < -0.4 is 0 Å². The summed E-state index contributed by atoms with van der Waals surface area (Å²) in [6.45, 7) is 0. The summed E-state index contributed by atoms with van der Waals surface area (Å²) in [4.78, 5) is 34.5. The van der Waals surface area contributed by atoms with E-state index in [9.17, 15) is 28.1 Å². The molecule has 9 nitrogen and oxygen atoms in total. The minimum Gasteiger partial charge on any atom is -0.272 e. The predicted octanol–water partition coefficient (Wildman–Crippen LogP) is 1.25. The Hall–Kier alpha value is -2.33. The minimum atomic E-state index is -4.53. The minimum absolute atomic E-state index is 0.0977. The molecule has 0 spiro atoms. The van der Waals surface area contributed by atoms with Crippen LogP contribution in [0.25, 0.3) is 0 Å². The second-order valence-corrected chi connectivity index (χ2v) is 8.17. The molecule has 25 heavy (non-hydrogen) atoms. The maximum absolute atomic E-state index is 12.5. The molecule has 3 aliphatic rings. The van der Waals surface area contributed by atoms with E-state index < -0.39 is 49.3 Å². The van der Waals surface area contributed by atoms with Crippen LogP contribution in [-0.2, 0) is 24.0 Å². The lowest BCUT2D eigenvalue weighted by Crippen LogP contribution is -2.35. The summed E-state index contributed by atoms with van der Waals surface area (Å²) in [5.74, 6) is -2.08. The molecule has 0 N–H and O–H groups in total. The number of carbonyl (C=O) groups is 2. The van der Waals surface area contributed by atoms with Gasteiger partial charge >= 0.3 is 10.1 Å². The van der Waals surface area contributed by atoms with Crippen molar-refractivity contribution in [3.05, 3.63) is 34.4 Å². The zero-order valence-electron chi connectivity index (χ0n) is 12.9. The van der Waals surface area contributed by atoms with Gasteiger partial charge in [-0.05, 0) is 37.2 Å². The number of hydrogen-bond acceptors (Lipinski definition) is 7. The maximum Gasteiger partial charge on any atom is 0.318 e. The van der Waals surface area contributed by atoms with Crippen molar-refractivity contribution in [1.29, 1.82) is 0 Å². The van der Waals surface area contributed by atoms with Crippen molar-refractivity contribution in [3.8, 4) is 0 Å². The van der Waals surface area contributed by atoms with E-state index in [0.717, 1.165) is 37.5 Å².